The van der Waals surface area contributed by atoms with Crippen LogP contribution < -0.4 is 0 Å². The van der Waals surface area contributed by atoms with Crippen LogP contribution in [0.1, 0.15) is 47.5 Å². The fraction of sp³-hybridized carbons (Fsp3) is 0.727. The summed E-state index contributed by atoms with van der Waals surface area (Å²) in [5.74, 6) is 0. The van der Waals surface area contributed by atoms with Gasteiger partial charge in [-0.2, -0.15) is 3.58 Å². The second-order valence-electron chi connectivity index (χ2n) is 2.08. The molecular formula is C11H21IOUV-2. The number of hydrogen-bond acceptors (Lipinski definition) is 1. The number of hydrogen-bond donors (Lipinski definition) is 0. The van der Waals surface area contributed by atoms with E-state index < -0.39 is 0 Å². The van der Waals surface area contributed by atoms with Gasteiger partial charge in [-0.1, -0.05) is 34.1 Å². The molecule has 0 spiro atoms. The molecule has 1 rings (SSSR count). The summed E-state index contributed by atoms with van der Waals surface area (Å²) in [6.45, 7) is 10.1. The molecule has 0 fully saturated rings. The van der Waals surface area contributed by atoms with Crippen LogP contribution in [0.4, 0.5) is 0 Å². The van der Waals surface area contributed by atoms with Gasteiger partial charge in [0, 0.05) is 49.7 Å². The summed E-state index contributed by atoms with van der Waals surface area (Å²) >= 11 is -0.253. The zero-order chi connectivity index (χ0) is 10.7. The molecule has 1 heterocycles. The number of allylic oxidation sites excluding steroid dienone is 1. The largest absolute Gasteiger partial charge is 0.690 e. The Labute approximate surface area is 141 Å². The van der Waals surface area contributed by atoms with Gasteiger partial charge in [0.1, 0.15) is 0 Å². The molecule has 0 aliphatic carbocycles. The molecule has 0 amide bonds. The molecule has 0 bridgehead atoms. The molecule has 1 aliphatic heterocycles. The fourth-order valence-electron chi connectivity index (χ4n) is 0.681. The molecule has 1 unspecified atom stereocenters. The fourth-order valence-corrected chi connectivity index (χ4v) is 1.56. The summed E-state index contributed by atoms with van der Waals surface area (Å²) in [6, 6.07) is 0. The van der Waals surface area contributed by atoms with Crippen molar-refractivity contribution in [2.24, 2.45) is 0 Å². The van der Waals surface area contributed by atoms with Crippen molar-refractivity contribution in [3.63, 3.8) is 0 Å². The van der Waals surface area contributed by atoms with Crippen LogP contribution in [-0.2, 0) is 23.3 Å². The van der Waals surface area contributed by atoms with E-state index in [2.05, 4.69) is 13.2 Å². The average molecular weight is 585 g/mol. The van der Waals surface area contributed by atoms with Gasteiger partial charge in [0.2, 0.25) is 0 Å². The van der Waals surface area contributed by atoms with Crippen molar-refractivity contribution >= 4 is 25.2 Å². The number of ether oxygens (including phenoxy) is 1. The van der Waals surface area contributed by atoms with Gasteiger partial charge in [0.25, 0.3) is 0 Å². The molecule has 1 radical (unpaired) electrons. The molecule has 1 nitrogen and oxygen atoms in total. The average Bonchev–Trinajstić information content (AvgIpc) is 2.25. The van der Waals surface area contributed by atoms with Crippen LogP contribution in [0.25, 0.3) is 0 Å². The quantitative estimate of drug-likeness (QED) is 0.332. The summed E-state index contributed by atoms with van der Waals surface area (Å²) in [5.41, 5.74) is 0. The molecule has 0 aromatic rings. The van der Waals surface area contributed by atoms with Crippen LogP contribution in [0.5, 0.6) is 0 Å². The molecule has 1 atom stereocenters. The van der Waals surface area contributed by atoms with E-state index in [1.165, 1.54) is 3.58 Å². The van der Waals surface area contributed by atoms with E-state index in [-0.39, 0.29) is 70.4 Å². The Bertz CT molecular complexity index is 152. The molecule has 0 saturated carbocycles. The van der Waals surface area contributed by atoms with E-state index in [9.17, 15) is 0 Å². The molecule has 4 heteroatoms. The molecule has 0 N–H and O–H groups in total. The van der Waals surface area contributed by atoms with Gasteiger partial charge in [-0.25, -0.2) is 0 Å². The van der Waals surface area contributed by atoms with E-state index in [1.807, 2.05) is 27.7 Å². The molecule has 0 saturated heterocycles. The summed E-state index contributed by atoms with van der Waals surface area (Å²) in [6.07, 6.45) is 5.42. The van der Waals surface area contributed by atoms with Crippen LogP contribution >= 0.6 is 20.7 Å². The summed E-state index contributed by atoms with van der Waals surface area (Å²) in [7, 11) is 0. The Morgan fingerprint density at radius 2 is 1.80 bits per heavy atom. The monoisotopic (exact) mass is 585 g/mol. The third kappa shape index (κ3) is 15.8. The normalized spacial score (nSPS) is 16.9. The van der Waals surface area contributed by atoms with Gasteiger partial charge in [0.05, 0.1) is 6.10 Å². The van der Waals surface area contributed by atoms with Crippen molar-refractivity contribution in [2.75, 3.05) is 0 Å². The molecule has 15 heavy (non-hydrogen) atoms. The standard InChI is InChI=1S/C7H9IO.2C2H6.U.V/c1-6-3-4-7(8-2)5-9-6;2*1-2;;/h2,6H,3-4H2,1H3;2*1-2H3;;/q-2;;;;. The minimum atomic E-state index is -0.253. The maximum atomic E-state index is 5.48. The number of rotatable bonds is 1. The Hall–Kier alpha value is 1.78. The predicted octanol–water partition coefficient (Wildman–Crippen LogP) is 4.16. The summed E-state index contributed by atoms with van der Waals surface area (Å²) in [4.78, 5) is 0. The molecule has 89 valence electrons. The Morgan fingerprint density at radius 3 is 2.07 bits per heavy atom. The first kappa shape index (κ1) is 25.6. The maximum absolute atomic E-state index is 5.48. The van der Waals surface area contributed by atoms with Gasteiger partial charge in [-0.3, -0.25) is 6.26 Å². The van der Waals surface area contributed by atoms with E-state index in [0.717, 1.165) is 12.8 Å². The van der Waals surface area contributed by atoms with Crippen molar-refractivity contribution in [1.82, 2.24) is 0 Å². The second-order valence-corrected chi connectivity index (χ2v) is 4.01. The van der Waals surface area contributed by atoms with Crippen molar-refractivity contribution in [1.29, 1.82) is 0 Å². The van der Waals surface area contributed by atoms with Gasteiger partial charge in [-0.05, 0) is 13.3 Å². The van der Waals surface area contributed by atoms with Crippen molar-refractivity contribution in [2.45, 2.75) is 53.6 Å². The van der Waals surface area contributed by atoms with Crippen LogP contribution in [0.2, 0.25) is 0 Å². The van der Waals surface area contributed by atoms with E-state index in [1.54, 1.807) is 0 Å². The SMILES string of the molecule is CC.CC.[CH-]=IC1=[C-]OC(C)CC1.[U].[V]. The van der Waals surface area contributed by atoms with Crippen molar-refractivity contribution in [3.05, 3.63) is 9.84 Å². The Kier molecular flexibility index (Phi) is 36.0. The zero-order valence-electron chi connectivity index (χ0n) is 10.3. The smallest absolute Gasteiger partial charge is 0.0543 e. The van der Waals surface area contributed by atoms with Gasteiger partial charge >= 0.3 is 0 Å². The van der Waals surface area contributed by atoms with Crippen LogP contribution in [0.3, 0.4) is 0 Å². The van der Waals surface area contributed by atoms with Gasteiger partial charge in [-0.15, -0.1) is 0 Å². The van der Waals surface area contributed by atoms with E-state index in [0.29, 0.717) is 6.10 Å². The topological polar surface area (TPSA) is 9.23 Å². The Balaban J connectivity index is -0.0000000910. The first-order valence-corrected chi connectivity index (χ1v) is 7.26. The van der Waals surface area contributed by atoms with Crippen LogP contribution in [-0.4, -0.2) is 10.6 Å². The predicted molar refractivity (Wildman–Crippen MR) is 69.3 cm³/mol. The minimum Gasteiger partial charge on any atom is -0.690 e. The molecule has 1 aliphatic rings. The van der Waals surface area contributed by atoms with Gasteiger partial charge in [0.15, 0.2) is 0 Å². The molecular weight excluding hydrogens is 564 g/mol. The summed E-state index contributed by atoms with van der Waals surface area (Å²) in [5, 5.41) is 0. The first-order chi connectivity index (χ1) is 6.33. The minimum absolute atomic E-state index is 0. The third-order valence-electron chi connectivity index (χ3n) is 1.27. The van der Waals surface area contributed by atoms with Crippen LogP contribution in [0.15, 0.2) is 3.58 Å². The van der Waals surface area contributed by atoms with Crippen LogP contribution in [0, 0.1) is 37.4 Å². The maximum Gasteiger partial charge on any atom is 0.0543 e. The second kappa shape index (κ2) is 21.1. The molecule has 0 aromatic carbocycles. The number of halogens is 1. The zero-order valence-corrected chi connectivity index (χ0v) is 18.0. The van der Waals surface area contributed by atoms with Gasteiger partial charge < -0.3 is 30.0 Å². The third-order valence-corrected chi connectivity index (χ3v) is 2.78. The van der Waals surface area contributed by atoms with Crippen molar-refractivity contribution < 1.29 is 54.4 Å². The first-order valence-electron chi connectivity index (χ1n) is 4.94. The van der Waals surface area contributed by atoms with E-state index in [4.69, 9.17) is 9.25 Å². The summed E-state index contributed by atoms with van der Waals surface area (Å²) < 4.78 is 11.8. The van der Waals surface area contributed by atoms with Crippen molar-refractivity contribution in [3.8, 4) is 0 Å². The molecule has 0 aromatic heterocycles. The van der Waals surface area contributed by atoms with E-state index >= 15 is 0 Å². The Morgan fingerprint density at radius 1 is 1.33 bits per heavy atom.